The summed E-state index contributed by atoms with van der Waals surface area (Å²) in [6.07, 6.45) is 3.23. The number of rotatable bonds is 5. The first-order chi connectivity index (χ1) is 10.1. The van der Waals surface area contributed by atoms with Crippen LogP contribution in [0.5, 0.6) is 0 Å². The van der Waals surface area contributed by atoms with E-state index in [-0.39, 0.29) is 5.91 Å². The third-order valence-corrected chi connectivity index (χ3v) is 4.09. The molecule has 1 amide bonds. The highest BCUT2D eigenvalue weighted by atomic mass is 35.5. The van der Waals surface area contributed by atoms with Crippen LogP contribution in [0.15, 0.2) is 24.3 Å². The molecule has 4 nitrogen and oxygen atoms in total. The Labute approximate surface area is 134 Å². The number of ether oxygens (including phenoxy) is 1. The molecule has 0 bridgehead atoms. The van der Waals surface area contributed by atoms with Gasteiger partial charge in [-0.05, 0) is 23.8 Å². The van der Waals surface area contributed by atoms with Gasteiger partial charge in [-0.15, -0.1) is 0 Å². The van der Waals surface area contributed by atoms with E-state index in [2.05, 4.69) is 5.32 Å². The van der Waals surface area contributed by atoms with Crippen molar-refractivity contribution in [2.45, 2.75) is 0 Å². The van der Waals surface area contributed by atoms with Crippen LogP contribution < -0.4 is 10.2 Å². The molecule has 0 aromatic heterocycles. The Bertz CT molecular complexity index is 514. The second-order valence-electron chi connectivity index (χ2n) is 4.91. The van der Waals surface area contributed by atoms with Crippen molar-refractivity contribution in [3.8, 4) is 0 Å². The monoisotopic (exact) mass is 329 g/mol. The van der Waals surface area contributed by atoms with E-state index in [1.807, 2.05) is 6.07 Å². The van der Waals surface area contributed by atoms with Crippen molar-refractivity contribution in [1.29, 1.82) is 0 Å². The summed E-state index contributed by atoms with van der Waals surface area (Å²) in [6.45, 7) is 5.22. The van der Waals surface area contributed by atoms with Crippen LogP contribution in [0.25, 0.3) is 6.08 Å². The molecule has 1 aliphatic heterocycles. The molecule has 114 valence electrons. The molecule has 1 fully saturated rings. The molecule has 1 aromatic carbocycles. The van der Waals surface area contributed by atoms with Crippen LogP contribution >= 0.6 is 23.2 Å². The maximum absolute atomic E-state index is 11.7. The third-order valence-electron chi connectivity index (χ3n) is 3.35. The third kappa shape index (κ3) is 5.67. The van der Waals surface area contributed by atoms with E-state index in [0.717, 1.165) is 38.4 Å². The van der Waals surface area contributed by atoms with Gasteiger partial charge in [-0.25, -0.2) is 0 Å². The van der Waals surface area contributed by atoms with Gasteiger partial charge in [-0.1, -0.05) is 29.3 Å². The van der Waals surface area contributed by atoms with E-state index in [9.17, 15) is 4.79 Å². The van der Waals surface area contributed by atoms with E-state index in [4.69, 9.17) is 27.9 Å². The summed E-state index contributed by atoms with van der Waals surface area (Å²) in [4.78, 5) is 13.2. The van der Waals surface area contributed by atoms with Gasteiger partial charge < -0.3 is 15.0 Å². The summed E-state index contributed by atoms with van der Waals surface area (Å²) >= 11 is 11.8. The Hall–Kier alpha value is -1.07. The van der Waals surface area contributed by atoms with Crippen LogP contribution in [0.2, 0.25) is 10.0 Å². The first kappa shape index (κ1) is 16.3. The van der Waals surface area contributed by atoms with E-state index in [1.165, 1.54) is 11.0 Å². The topological polar surface area (TPSA) is 42.8 Å². The molecular weight excluding hydrogens is 311 g/mol. The number of carbonyl (C=O) groups is 1. The average Bonchev–Trinajstić information content (AvgIpc) is 2.49. The molecule has 0 atom stereocenters. The van der Waals surface area contributed by atoms with Crippen molar-refractivity contribution in [3.05, 3.63) is 39.9 Å². The summed E-state index contributed by atoms with van der Waals surface area (Å²) in [6, 6.07) is 5.25. The fourth-order valence-corrected chi connectivity index (χ4v) is 2.43. The molecule has 21 heavy (non-hydrogen) atoms. The first-order valence-electron chi connectivity index (χ1n) is 6.97. The van der Waals surface area contributed by atoms with Crippen LogP contribution in [0.1, 0.15) is 5.56 Å². The standard InChI is InChI=1S/C15H18Cl2N2O2/c16-13-3-1-12(11-14(13)17)2-4-15(20)18-5-6-19-7-9-21-10-8-19/h1-4,11H,5-10H2,(H,18,20)/p+1. The predicted octanol–water partition coefficient (Wildman–Crippen LogP) is 1.04. The van der Waals surface area contributed by atoms with Crippen molar-refractivity contribution >= 4 is 35.2 Å². The summed E-state index contributed by atoms with van der Waals surface area (Å²) < 4.78 is 5.29. The fraction of sp³-hybridized carbons (Fsp3) is 0.400. The number of morpholine rings is 1. The molecule has 0 saturated carbocycles. The molecular formula is C15H19Cl2N2O2+. The van der Waals surface area contributed by atoms with Gasteiger partial charge in [0.05, 0.1) is 36.3 Å². The summed E-state index contributed by atoms with van der Waals surface area (Å²) in [7, 11) is 0. The van der Waals surface area contributed by atoms with Crippen LogP contribution in [-0.2, 0) is 9.53 Å². The van der Waals surface area contributed by atoms with Crippen molar-refractivity contribution in [2.75, 3.05) is 39.4 Å². The number of amides is 1. The Kier molecular flexibility index (Phi) is 6.51. The molecule has 0 aliphatic carbocycles. The van der Waals surface area contributed by atoms with Crippen molar-refractivity contribution in [2.24, 2.45) is 0 Å². The molecule has 1 saturated heterocycles. The van der Waals surface area contributed by atoms with Crippen molar-refractivity contribution in [1.82, 2.24) is 5.32 Å². The zero-order chi connectivity index (χ0) is 15.1. The van der Waals surface area contributed by atoms with Gasteiger partial charge in [0.2, 0.25) is 5.91 Å². The summed E-state index contributed by atoms with van der Waals surface area (Å²) in [5.74, 6) is -0.103. The highest BCUT2D eigenvalue weighted by Crippen LogP contribution is 2.22. The second kappa shape index (κ2) is 8.39. The van der Waals surface area contributed by atoms with E-state index >= 15 is 0 Å². The van der Waals surface area contributed by atoms with E-state index in [0.29, 0.717) is 16.6 Å². The highest BCUT2D eigenvalue weighted by molar-refractivity contribution is 6.42. The molecule has 0 spiro atoms. The number of benzene rings is 1. The molecule has 2 rings (SSSR count). The van der Waals surface area contributed by atoms with Crippen LogP contribution in [0.3, 0.4) is 0 Å². The Morgan fingerprint density at radius 2 is 2.05 bits per heavy atom. The Balaban J connectivity index is 1.73. The fourth-order valence-electron chi connectivity index (χ4n) is 2.12. The van der Waals surface area contributed by atoms with Gasteiger partial charge in [-0.2, -0.15) is 0 Å². The molecule has 6 heteroatoms. The minimum atomic E-state index is -0.103. The lowest BCUT2D eigenvalue weighted by Crippen LogP contribution is -3.14. The maximum atomic E-state index is 11.7. The Morgan fingerprint density at radius 1 is 1.29 bits per heavy atom. The molecule has 1 aromatic rings. The number of carbonyl (C=O) groups excluding carboxylic acids is 1. The number of halogens is 2. The van der Waals surface area contributed by atoms with Gasteiger partial charge in [0.1, 0.15) is 13.1 Å². The van der Waals surface area contributed by atoms with E-state index < -0.39 is 0 Å². The lowest BCUT2D eigenvalue weighted by atomic mass is 10.2. The van der Waals surface area contributed by atoms with E-state index in [1.54, 1.807) is 18.2 Å². The summed E-state index contributed by atoms with van der Waals surface area (Å²) in [5.41, 5.74) is 0.846. The van der Waals surface area contributed by atoms with Crippen molar-refractivity contribution in [3.63, 3.8) is 0 Å². The smallest absolute Gasteiger partial charge is 0.244 e. The second-order valence-corrected chi connectivity index (χ2v) is 5.72. The highest BCUT2D eigenvalue weighted by Gasteiger charge is 2.12. The van der Waals surface area contributed by atoms with Crippen LogP contribution in [0.4, 0.5) is 0 Å². The quantitative estimate of drug-likeness (QED) is 0.793. The molecule has 2 N–H and O–H groups in total. The molecule has 0 radical (unpaired) electrons. The van der Waals surface area contributed by atoms with Gasteiger partial charge in [0.15, 0.2) is 0 Å². The van der Waals surface area contributed by atoms with Crippen LogP contribution in [-0.4, -0.2) is 45.3 Å². The predicted molar refractivity (Wildman–Crippen MR) is 84.9 cm³/mol. The summed E-state index contributed by atoms with van der Waals surface area (Å²) in [5, 5.41) is 3.87. The first-order valence-corrected chi connectivity index (χ1v) is 7.73. The number of hydrogen-bond donors (Lipinski definition) is 2. The number of quaternary nitrogens is 1. The normalized spacial score (nSPS) is 16.3. The zero-order valence-electron chi connectivity index (χ0n) is 11.7. The van der Waals surface area contributed by atoms with Gasteiger partial charge in [0, 0.05) is 6.08 Å². The average molecular weight is 330 g/mol. The zero-order valence-corrected chi connectivity index (χ0v) is 13.2. The van der Waals surface area contributed by atoms with Crippen LogP contribution in [0, 0.1) is 0 Å². The number of hydrogen-bond acceptors (Lipinski definition) is 2. The SMILES string of the molecule is O=C(C=Cc1ccc(Cl)c(Cl)c1)NCC[NH+]1CCOCC1. The molecule has 0 unspecified atom stereocenters. The van der Waals surface area contributed by atoms with Crippen molar-refractivity contribution < 1.29 is 14.4 Å². The largest absolute Gasteiger partial charge is 0.370 e. The van der Waals surface area contributed by atoms with Gasteiger partial charge in [0.25, 0.3) is 0 Å². The maximum Gasteiger partial charge on any atom is 0.244 e. The lowest BCUT2D eigenvalue weighted by molar-refractivity contribution is -0.906. The van der Waals surface area contributed by atoms with Gasteiger partial charge >= 0.3 is 0 Å². The van der Waals surface area contributed by atoms with Gasteiger partial charge in [-0.3, -0.25) is 4.79 Å². The molecule has 1 aliphatic rings. The Morgan fingerprint density at radius 3 is 2.76 bits per heavy atom. The molecule has 1 heterocycles. The lowest BCUT2D eigenvalue weighted by Gasteiger charge is -2.23. The minimum absolute atomic E-state index is 0.103. The minimum Gasteiger partial charge on any atom is -0.370 e. The number of nitrogens with one attached hydrogen (secondary N) is 2.